The molecule has 104 valence electrons. The lowest BCUT2D eigenvalue weighted by Gasteiger charge is -2.29. The number of piperazine rings is 1. The van der Waals surface area contributed by atoms with Gasteiger partial charge in [0.2, 0.25) is 0 Å². The highest BCUT2D eigenvalue weighted by Gasteiger charge is 2.22. The number of benzene rings is 1. The Bertz CT molecular complexity index is 445. The van der Waals surface area contributed by atoms with Gasteiger partial charge in [-0.05, 0) is 12.1 Å². The molecule has 1 fully saturated rings. The molecule has 1 saturated heterocycles. The summed E-state index contributed by atoms with van der Waals surface area (Å²) < 4.78 is 16.9. The van der Waals surface area contributed by atoms with Crippen LogP contribution in [-0.4, -0.2) is 51.4 Å². The van der Waals surface area contributed by atoms with Crippen molar-refractivity contribution in [1.82, 2.24) is 10.2 Å². The molecule has 0 spiro atoms. The number of fused-ring (bicyclic) bond motifs is 1. The van der Waals surface area contributed by atoms with Crippen LogP contribution in [0.3, 0.4) is 0 Å². The summed E-state index contributed by atoms with van der Waals surface area (Å²) in [7, 11) is 1.70. The zero-order valence-electron chi connectivity index (χ0n) is 11.3. The number of hydrogen-bond donors (Lipinski definition) is 1. The van der Waals surface area contributed by atoms with E-state index in [-0.39, 0.29) is 0 Å². The first-order chi connectivity index (χ1) is 9.38. The van der Waals surface area contributed by atoms with E-state index in [4.69, 9.17) is 14.2 Å². The molecule has 0 bridgehead atoms. The summed E-state index contributed by atoms with van der Waals surface area (Å²) in [5.41, 5.74) is 1.10. The maximum atomic E-state index is 5.79. The van der Waals surface area contributed by atoms with Crippen LogP contribution >= 0.6 is 0 Å². The maximum Gasteiger partial charge on any atom is 0.169 e. The van der Waals surface area contributed by atoms with E-state index in [1.54, 1.807) is 7.11 Å². The highest BCUT2D eigenvalue weighted by Crippen LogP contribution is 2.40. The highest BCUT2D eigenvalue weighted by atomic mass is 16.6. The maximum absolute atomic E-state index is 5.79. The van der Waals surface area contributed by atoms with E-state index in [9.17, 15) is 0 Å². The number of rotatable bonds is 3. The number of hydrogen-bond acceptors (Lipinski definition) is 5. The lowest BCUT2D eigenvalue weighted by Crippen LogP contribution is -2.43. The van der Waals surface area contributed by atoms with E-state index in [0.717, 1.165) is 55.5 Å². The minimum absolute atomic E-state index is 0.606. The van der Waals surface area contributed by atoms with E-state index in [2.05, 4.69) is 10.2 Å². The Morgan fingerprint density at radius 2 is 2.00 bits per heavy atom. The monoisotopic (exact) mass is 264 g/mol. The Balaban J connectivity index is 1.88. The van der Waals surface area contributed by atoms with E-state index >= 15 is 0 Å². The van der Waals surface area contributed by atoms with Gasteiger partial charge in [0.25, 0.3) is 0 Å². The molecule has 0 atom stereocenters. The quantitative estimate of drug-likeness (QED) is 0.877. The molecule has 0 radical (unpaired) electrons. The largest absolute Gasteiger partial charge is 0.496 e. The molecule has 5 nitrogen and oxygen atoms in total. The first-order valence-corrected chi connectivity index (χ1v) is 6.77. The molecular weight excluding hydrogens is 244 g/mol. The van der Waals surface area contributed by atoms with Crippen molar-refractivity contribution >= 4 is 0 Å². The van der Waals surface area contributed by atoms with Gasteiger partial charge < -0.3 is 19.5 Å². The topological polar surface area (TPSA) is 43.0 Å². The van der Waals surface area contributed by atoms with Gasteiger partial charge in [-0.25, -0.2) is 0 Å². The molecule has 2 heterocycles. The Morgan fingerprint density at radius 1 is 1.21 bits per heavy atom. The lowest BCUT2D eigenvalue weighted by atomic mass is 10.1. The second-order valence-corrected chi connectivity index (χ2v) is 4.80. The minimum Gasteiger partial charge on any atom is -0.496 e. The Hall–Kier alpha value is -1.46. The van der Waals surface area contributed by atoms with Crippen molar-refractivity contribution in [1.29, 1.82) is 0 Å². The number of nitrogens with one attached hydrogen (secondary N) is 1. The van der Waals surface area contributed by atoms with Gasteiger partial charge in [0.05, 0.1) is 12.7 Å². The summed E-state index contributed by atoms with van der Waals surface area (Å²) in [4.78, 5) is 2.41. The molecule has 2 aliphatic heterocycles. The van der Waals surface area contributed by atoms with Crippen molar-refractivity contribution in [2.75, 3.05) is 46.5 Å². The third-order valence-electron chi connectivity index (χ3n) is 3.58. The SMILES string of the molecule is COc1ccc2c(c1CN1CCNCC1)OCCO2. The predicted molar refractivity (Wildman–Crippen MR) is 72.1 cm³/mol. The second kappa shape index (κ2) is 5.67. The van der Waals surface area contributed by atoms with Gasteiger partial charge >= 0.3 is 0 Å². The molecule has 0 aliphatic carbocycles. The molecular formula is C14H20N2O3. The van der Waals surface area contributed by atoms with E-state index in [0.29, 0.717) is 13.2 Å². The van der Waals surface area contributed by atoms with Crippen LogP contribution in [0.5, 0.6) is 17.2 Å². The van der Waals surface area contributed by atoms with E-state index in [1.165, 1.54) is 0 Å². The average Bonchev–Trinajstić information content (AvgIpc) is 2.49. The lowest BCUT2D eigenvalue weighted by molar-refractivity contribution is 0.163. The summed E-state index contributed by atoms with van der Waals surface area (Å²) in [6, 6.07) is 3.89. The molecule has 0 amide bonds. The summed E-state index contributed by atoms with van der Waals surface area (Å²) >= 11 is 0. The van der Waals surface area contributed by atoms with Crippen LogP contribution < -0.4 is 19.5 Å². The molecule has 0 saturated carbocycles. The Kier molecular flexibility index (Phi) is 3.75. The number of ether oxygens (including phenoxy) is 3. The van der Waals surface area contributed by atoms with Crippen LogP contribution in [0.2, 0.25) is 0 Å². The Labute approximate surface area is 113 Å². The molecule has 3 rings (SSSR count). The fourth-order valence-electron chi connectivity index (χ4n) is 2.59. The van der Waals surface area contributed by atoms with Gasteiger partial charge in [-0.3, -0.25) is 4.90 Å². The number of nitrogens with zero attached hydrogens (tertiary/aromatic N) is 1. The van der Waals surface area contributed by atoms with Crippen molar-refractivity contribution in [3.63, 3.8) is 0 Å². The van der Waals surface area contributed by atoms with Crippen molar-refractivity contribution in [3.05, 3.63) is 17.7 Å². The number of methoxy groups -OCH3 is 1. The van der Waals surface area contributed by atoms with Crippen LogP contribution in [0.1, 0.15) is 5.56 Å². The molecule has 0 unspecified atom stereocenters. The first-order valence-electron chi connectivity index (χ1n) is 6.77. The molecule has 1 aromatic rings. The molecule has 0 aromatic heterocycles. The summed E-state index contributed by atoms with van der Waals surface area (Å²) in [6.45, 7) is 6.24. The molecule has 2 aliphatic rings. The summed E-state index contributed by atoms with van der Waals surface area (Å²) in [5, 5.41) is 3.36. The van der Waals surface area contributed by atoms with Crippen LogP contribution in [0.15, 0.2) is 12.1 Å². The third-order valence-corrected chi connectivity index (χ3v) is 3.58. The normalized spacial score (nSPS) is 19.2. The molecule has 1 aromatic carbocycles. The molecule has 19 heavy (non-hydrogen) atoms. The Morgan fingerprint density at radius 3 is 2.79 bits per heavy atom. The van der Waals surface area contributed by atoms with E-state index < -0.39 is 0 Å². The van der Waals surface area contributed by atoms with Gasteiger partial charge in [0, 0.05) is 32.7 Å². The van der Waals surface area contributed by atoms with Crippen LogP contribution in [0.4, 0.5) is 0 Å². The fourth-order valence-corrected chi connectivity index (χ4v) is 2.59. The van der Waals surface area contributed by atoms with Crippen molar-refractivity contribution in [2.24, 2.45) is 0 Å². The zero-order valence-corrected chi connectivity index (χ0v) is 11.3. The molecule has 1 N–H and O–H groups in total. The highest BCUT2D eigenvalue weighted by molar-refractivity contribution is 5.54. The third kappa shape index (κ3) is 2.62. The standard InChI is InChI=1S/C14H20N2O3/c1-17-12-2-3-13-14(19-9-8-18-13)11(12)10-16-6-4-15-5-7-16/h2-3,15H,4-10H2,1H3. The fraction of sp³-hybridized carbons (Fsp3) is 0.571. The van der Waals surface area contributed by atoms with Gasteiger partial charge in [0.15, 0.2) is 11.5 Å². The summed E-state index contributed by atoms with van der Waals surface area (Å²) in [6.07, 6.45) is 0. The predicted octanol–water partition coefficient (Wildman–Crippen LogP) is 0.872. The van der Waals surface area contributed by atoms with E-state index in [1.807, 2.05) is 12.1 Å². The van der Waals surface area contributed by atoms with Gasteiger partial charge in [-0.15, -0.1) is 0 Å². The smallest absolute Gasteiger partial charge is 0.169 e. The summed E-state index contributed by atoms with van der Waals surface area (Å²) in [5.74, 6) is 2.56. The van der Waals surface area contributed by atoms with Crippen molar-refractivity contribution < 1.29 is 14.2 Å². The van der Waals surface area contributed by atoms with Crippen molar-refractivity contribution in [2.45, 2.75) is 6.54 Å². The second-order valence-electron chi connectivity index (χ2n) is 4.80. The van der Waals surface area contributed by atoms with Gasteiger partial charge in [0.1, 0.15) is 19.0 Å². The average molecular weight is 264 g/mol. The van der Waals surface area contributed by atoms with Crippen LogP contribution in [0, 0.1) is 0 Å². The molecule has 5 heteroatoms. The van der Waals surface area contributed by atoms with Gasteiger partial charge in [-0.1, -0.05) is 0 Å². The van der Waals surface area contributed by atoms with Gasteiger partial charge in [-0.2, -0.15) is 0 Å². The van der Waals surface area contributed by atoms with Crippen molar-refractivity contribution in [3.8, 4) is 17.2 Å². The van der Waals surface area contributed by atoms with Crippen LogP contribution in [0.25, 0.3) is 0 Å². The first kappa shape index (κ1) is 12.6. The zero-order chi connectivity index (χ0) is 13.1. The minimum atomic E-state index is 0.606. The van der Waals surface area contributed by atoms with Crippen LogP contribution in [-0.2, 0) is 6.54 Å².